The first kappa shape index (κ1) is 38.0. The molecule has 0 aliphatic rings. The Morgan fingerprint density at radius 3 is 1.74 bits per heavy atom. The summed E-state index contributed by atoms with van der Waals surface area (Å²) in [6.07, 6.45) is 0.815. The van der Waals surface area contributed by atoms with E-state index in [1.165, 1.54) is 36.4 Å². The summed E-state index contributed by atoms with van der Waals surface area (Å²) in [5.74, 6) is 0.0532. The number of aromatic hydroxyl groups is 1. The standard InChI is InChI=1S/C14H19ClN2O4.C9H10ClNO3.C5H9NO/c1-14(2,3)17-13(19)21-11-5-4-9(20-7-6-15)8-10(11)12(16)18;10-3-4-14-6-1-2-8(12)7(5-6)9(11)13;1-5(2,3)6-4-7/h4-5,8H,6-7H2,1-3H3,(H2,16,18)(H,17,19);1-2,5,12H,3-4H2,(H2,11,13);1-3H3. The number of halogens is 2. The van der Waals surface area contributed by atoms with Crippen molar-refractivity contribution in [1.29, 1.82) is 0 Å². The summed E-state index contributed by atoms with van der Waals surface area (Å²) in [7, 11) is 0. The van der Waals surface area contributed by atoms with Crippen LogP contribution in [0.3, 0.4) is 0 Å². The van der Waals surface area contributed by atoms with Gasteiger partial charge in [0.15, 0.2) is 0 Å². The van der Waals surface area contributed by atoms with Crippen LogP contribution < -0.4 is 31.0 Å². The molecular weight excluding hydrogens is 591 g/mol. The van der Waals surface area contributed by atoms with E-state index in [1.807, 2.05) is 41.5 Å². The number of nitrogens with two attached hydrogens (primary N) is 2. The summed E-state index contributed by atoms with van der Waals surface area (Å²) in [5, 5.41) is 11.9. The number of phenols is 1. The van der Waals surface area contributed by atoms with Crippen molar-refractivity contribution in [2.75, 3.05) is 25.0 Å². The number of carbonyl (C=O) groups excluding carboxylic acids is 4. The third-order valence-electron chi connectivity index (χ3n) is 4.20. The highest BCUT2D eigenvalue weighted by molar-refractivity contribution is 6.18. The summed E-state index contributed by atoms with van der Waals surface area (Å²) in [6.45, 7) is 11.6. The molecule has 0 aliphatic heterocycles. The molecule has 0 bridgehead atoms. The van der Waals surface area contributed by atoms with Crippen LogP contribution in [0.15, 0.2) is 41.4 Å². The van der Waals surface area contributed by atoms with Gasteiger partial charge in [-0.1, -0.05) is 0 Å². The van der Waals surface area contributed by atoms with E-state index in [9.17, 15) is 24.3 Å². The maximum Gasteiger partial charge on any atom is 0.413 e. The summed E-state index contributed by atoms with van der Waals surface area (Å²) in [5.41, 5.74) is 9.72. The molecule has 0 unspecified atom stereocenters. The number of ether oxygens (including phenoxy) is 3. The van der Waals surface area contributed by atoms with Crippen molar-refractivity contribution in [3.05, 3.63) is 47.5 Å². The van der Waals surface area contributed by atoms with E-state index in [1.54, 1.807) is 6.07 Å². The second kappa shape index (κ2) is 18.4. The lowest BCUT2D eigenvalue weighted by Gasteiger charge is -2.20. The van der Waals surface area contributed by atoms with Crippen LogP contribution in [0.1, 0.15) is 62.3 Å². The van der Waals surface area contributed by atoms with Gasteiger partial charge in [0.2, 0.25) is 6.08 Å². The number of nitrogens with one attached hydrogen (secondary N) is 1. The van der Waals surface area contributed by atoms with E-state index in [-0.39, 0.29) is 28.2 Å². The SMILES string of the molecule is CC(C)(C)N=C=O.CC(C)(C)NC(=O)Oc1ccc(OCCCl)cc1C(N)=O.NC(=O)c1cc(OCCCl)ccc1O. The average molecular weight is 630 g/mol. The Bertz CT molecular complexity index is 1240. The second-order valence-electron chi connectivity index (χ2n) is 10.3. The van der Waals surface area contributed by atoms with Crippen LogP contribution in [0.5, 0.6) is 23.0 Å². The molecule has 14 heteroatoms. The largest absolute Gasteiger partial charge is 0.507 e. The third kappa shape index (κ3) is 17.0. The number of benzene rings is 2. The van der Waals surface area contributed by atoms with Gasteiger partial charge in [-0.2, -0.15) is 0 Å². The Morgan fingerprint density at radius 2 is 1.36 bits per heavy atom. The summed E-state index contributed by atoms with van der Waals surface area (Å²) in [4.78, 5) is 47.0. The Kier molecular flexibility index (Phi) is 16.7. The number of isocyanates is 1. The van der Waals surface area contributed by atoms with Gasteiger partial charge in [0, 0.05) is 5.54 Å². The summed E-state index contributed by atoms with van der Waals surface area (Å²) in [6, 6.07) is 8.70. The zero-order valence-electron chi connectivity index (χ0n) is 24.5. The topological polar surface area (TPSA) is 193 Å². The Labute approximate surface area is 255 Å². The van der Waals surface area contributed by atoms with Crippen molar-refractivity contribution in [3.63, 3.8) is 0 Å². The van der Waals surface area contributed by atoms with E-state index >= 15 is 0 Å². The van der Waals surface area contributed by atoms with E-state index < -0.39 is 23.4 Å². The van der Waals surface area contributed by atoms with E-state index in [0.717, 1.165) is 0 Å². The van der Waals surface area contributed by atoms with Crippen LogP contribution in [0, 0.1) is 0 Å². The number of aliphatic imine (C=N–C) groups is 1. The van der Waals surface area contributed by atoms with Gasteiger partial charge in [0.1, 0.15) is 36.2 Å². The van der Waals surface area contributed by atoms with Crippen molar-refractivity contribution in [3.8, 4) is 23.0 Å². The number of hydrogen-bond donors (Lipinski definition) is 4. The molecule has 0 saturated heterocycles. The number of alkyl halides is 2. The van der Waals surface area contributed by atoms with E-state index in [2.05, 4.69) is 10.3 Å². The van der Waals surface area contributed by atoms with Gasteiger partial charge in [0.05, 0.1) is 28.4 Å². The lowest BCUT2D eigenvalue weighted by atomic mass is 10.1. The minimum absolute atomic E-state index is 0.0390. The molecule has 0 aromatic heterocycles. The van der Waals surface area contributed by atoms with Gasteiger partial charge in [-0.05, 0) is 77.9 Å². The molecule has 6 N–H and O–H groups in total. The van der Waals surface area contributed by atoms with Crippen molar-refractivity contribution in [2.45, 2.75) is 52.6 Å². The molecule has 0 aliphatic carbocycles. The van der Waals surface area contributed by atoms with Crippen LogP contribution in [-0.4, -0.2) is 65.1 Å². The summed E-state index contributed by atoms with van der Waals surface area (Å²) >= 11 is 10.9. The Hall–Kier alpha value is -3.99. The van der Waals surface area contributed by atoms with Crippen LogP contribution in [0.25, 0.3) is 0 Å². The summed E-state index contributed by atoms with van der Waals surface area (Å²) < 4.78 is 15.6. The van der Waals surface area contributed by atoms with Gasteiger partial charge < -0.3 is 36.1 Å². The fourth-order valence-corrected chi connectivity index (χ4v) is 2.72. The lowest BCUT2D eigenvalue weighted by Crippen LogP contribution is -2.42. The zero-order chi connectivity index (χ0) is 32.5. The zero-order valence-corrected chi connectivity index (χ0v) is 26.0. The molecule has 42 heavy (non-hydrogen) atoms. The number of nitrogens with zero attached hydrogens (tertiary/aromatic N) is 1. The number of carbonyl (C=O) groups is 3. The molecular formula is C28H38Cl2N4O8. The molecule has 2 aromatic carbocycles. The van der Waals surface area contributed by atoms with E-state index in [4.69, 9.17) is 48.9 Å². The van der Waals surface area contributed by atoms with Crippen LogP contribution in [0.2, 0.25) is 0 Å². The van der Waals surface area contributed by atoms with Gasteiger partial charge in [-0.3, -0.25) is 9.59 Å². The van der Waals surface area contributed by atoms with Crippen LogP contribution in [0.4, 0.5) is 4.79 Å². The number of hydrogen-bond acceptors (Lipinski definition) is 9. The molecule has 0 saturated carbocycles. The van der Waals surface area contributed by atoms with Gasteiger partial charge in [-0.25, -0.2) is 14.6 Å². The maximum atomic E-state index is 11.7. The lowest BCUT2D eigenvalue weighted by molar-refractivity contribution is 0.0988. The van der Waals surface area contributed by atoms with Crippen LogP contribution in [-0.2, 0) is 4.79 Å². The molecule has 0 spiro atoms. The highest BCUT2D eigenvalue weighted by Gasteiger charge is 2.19. The third-order valence-corrected chi connectivity index (χ3v) is 4.51. The molecule has 0 heterocycles. The molecule has 0 fully saturated rings. The fraction of sp³-hybridized carbons (Fsp3) is 0.429. The number of amides is 3. The molecule has 2 aromatic rings. The highest BCUT2D eigenvalue weighted by Crippen LogP contribution is 2.25. The molecule has 232 valence electrons. The molecule has 12 nitrogen and oxygen atoms in total. The predicted molar refractivity (Wildman–Crippen MR) is 161 cm³/mol. The first-order chi connectivity index (χ1) is 19.4. The number of primary amides is 2. The maximum absolute atomic E-state index is 11.7. The number of rotatable bonds is 9. The van der Waals surface area contributed by atoms with Gasteiger partial charge in [-0.15, -0.1) is 23.2 Å². The fourth-order valence-electron chi connectivity index (χ4n) is 2.56. The average Bonchev–Trinajstić information content (AvgIpc) is 2.86. The molecule has 2 rings (SSSR count). The van der Waals surface area contributed by atoms with Crippen molar-refractivity contribution in [1.82, 2.24) is 5.32 Å². The second-order valence-corrected chi connectivity index (χ2v) is 11.0. The first-order valence-corrected chi connectivity index (χ1v) is 13.5. The van der Waals surface area contributed by atoms with Crippen molar-refractivity contribution in [2.24, 2.45) is 16.5 Å². The van der Waals surface area contributed by atoms with E-state index in [0.29, 0.717) is 36.5 Å². The molecule has 0 radical (unpaired) electrons. The molecule has 0 atom stereocenters. The Morgan fingerprint density at radius 1 is 0.881 bits per heavy atom. The first-order valence-electron chi connectivity index (χ1n) is 12.5. The van der Waals surface area contributed by atoms with Gasteiger partial charge >= 0.3 is 6.09 Å². The minimum atomic E-state index is -0.718. The van der Waals surface area contributed by atoms with Crippen molar-refractivity contribution >= 4 is 47.2 Å². The van der Waals surface area contributed by atoms with Gasteiger partial charge in [0.25, 0.3) is 11.8 Å². The van der Waals surface area contributed by atoms with Crippen LogP contribution >= 0.6 is 23.2 Å². The Balaban J connectivity index is 0.000000685. The molecule has 3 amide bonds. The quantitative estimate of drug-likeness (QED) is 0.177. The predicted octanol–water partition coefficient (Wildman–Crippen LogP) is 4.52. The normalized spacial score (nSPS) is 10.4. The highest BCUT2D eigenvalue weighted by atomic mass is 35.5. The smallest absolute Gasteiger partial charge is 0.413 e. The van der Waals surface area contributed by atoms with Crippen molar-refractivity contribution < 1.29 is 38.5 Å². The minimum Gasteiger partial charge on any atom is -0.507 e. The monoisotopic (exact) mass is 628 g/mol.